The van der Waals surface area contributed by atoms with Gasteiger partial charge in [-0.3, -0.25) is 5.41 Å². The average Bonchev–Trinajstić information content (AvgIpc) is 2.29. The molecule has 0 amide bonds. The number of nitrogens with zero attached hydrogens (tertiary/aromatic N) is 2. The fourth-order valence-corrected chi connectivity index (χ4v) is 2.55. The Morgan fingerprint density at radius 1 is 1.31 bits per heavy atom. The third kappa shape index (κ3) is 1.35. The Hall–Kier alpha value is -1.35. The summed E-state index contributed by atoms with van der Waals surface area (Å²) in [7, 11) is 0. The summed E-state index contributed by atoms with van der Waals surface area (Å²) in [5, 5.41) is 9.59. The number of benzene rings is 1. The van der Waals surface area contributed by atoms with Gasteiger partial charge in [0.05, 0.1) is 15.9 Å². The molecule has 4 heteroatoms. The quantitative estimate of drug-likeness (QED) is 0.747. The van der Waals surface area contributed by atoms with E-state index in [2.05, 4.69) is 4.98 Å². The molecule has 0 atom stereocenters. The van der Waals surface area contributed by atoms with Gasteiger partial charge in [-0.25, -0.2) is 4.98 Å². The summed E-state index contributed by atoms with van der Waals surface area (Å²) in [6.07, 6.45) is 3.26. The van der Waals surface area contributed by atoms with Crippen LogP contribution in [0.3, 0.4) is 0 Å². The molecule has 3 nitrogen and oxygen atoms in total. The zero-order valence-electron chi connectivity index (χ0n) is 8.83. The van der Waals surface area contributed by atoms with Gasteiger partial charge in [-0.15, -0.1) is 0 Å². The number of nitrogens with one attached hydrogen (secondary N) is 1. The number of hydrogen-bond acceptors (Lipinski definition) is 2. The standard InChI is InChI=1S/C12H12ClN3/c13-8-4-3-5-9-11(8)12(14)16-7-2-1-6-10(16)15-9/h3-5,14H,1-2,6-7H2. The highest BCUT2D eigenvalue weighted by molar-refractivity contribution is 6.35. The van der Waals surface area contributed by atoms with Crippen molar-refractivity contribution in [1.82, 2.24) is 9.55 Å². The summed E-state index contributed by atoms with van der Waals surface area (Å²) >= 11 is 6.13. The molecule has 1 aliphatic rings. The zero-order chi connectivity index (χ0) is 11.1. The molecule has 3 rings (SSSR count). The normalized spacial score (nSPS) is 15.1. The van der Waals surface area contributed by atoms with E-state index >= 15 is 0 Å². The molecule has 0 radical (unpaired) electrons. The van der Waals surface area contributed by atoms with Gasteiger partial charge in [0.2, 0.25) is 0 Å². The second-order valence-electron chi connectivity index (χ2n) is 4.12. The van der Waals surface area contributed by atoms with E-state index in [0.29, 0.717) is 10.5 Å². The number of fused-ring (bicyclic) bond motifs is 2. The van der Waals surface area contributed by atoms with E-state index < -0.39 is 0 Å². The summed E-state index contributed by atoms with van der Waals surface area (Å²) in [6.45, 7) is 0.891. The summed E-state index contributed by atoms with van der Waals surface area (Å²) in [5.41, 5.74) is 1.34. The first kappa shape index (κ1) is 9.85. The number of halogens is 1. The van der Waals surface area contributed by atoms with E-state index in [0.717, 1.165) is 36.1 Å². The molecule has 2 aromatic rings. The van der Waals surface area contributed by atoms with Crippen LogP contribution in [0, 0.1) is 5.41 Å². The predicted octanol–water partition coefficient (Wildman–Crippen LogP) is 2.51. The highest BCUT2D eigenvalue weighted by Crippen LogP contribution is 2.20. The predicted molar refractivity (Wildman–Crippen MR) is 63.5 cm³/mol. The van der Waals surface area contributed by atoms with Gasteiger partial charge < -0.3 is 4.57 Å². The van der Waals surface area contributed by atoms with Crippen molar-refractivity contribution in [3.05, 3.63) is 34.5 Å². The minimum absolute atomic E-state index is 0.505. The van der Waals surface area contributed by atoms with Gasteiger partial charge in [0.25, 0.3) is 0 Å². The lowest BCUT2D eigenvalue weighted by molar-refractivity contribution is 0.493. The van der Waals surface area contributed by atoms with E-state index in [-0.39, 0.29) is 0 Å². The first-order valence-corrected chi connectivity index (χ1v) is 5.88. The van der Waals surface area contributed by atoms with Crippen molar-refractivity contribution in [2.45, 2.75) is 25.8 Å². The van der Waals surface area contributed by atoms with Crippen molar-refractivity contribution >= 4 is 22.5 Å². The summed E-state index contributed by atoms with van der Waals surface area (Å²) in [5.74, 6) is 1.02. The van der Waals surface area contributed by atoms with Crippen molar-refractivity contribution in [2.75, 3.05) is 0 Å². The van der Waals surface area contributed by atoms with Crippen LogP contribution < -0.4 is 5.49 Å². The van der Waals surface area contributed by atoms with E-state index in [9.17, 15) is 0 Å². The van der Waals surface area contributed by atoms with Gasteiger partial charge in [-0.1, -0.05) is 17.7 Å². The number of aromatic nitrogens is 2. The summed E-state index contributed by atoms with van der Waals surface area (Å²) in [6, 6.07) is 5.63. The van der Waals surface area contributed by atoms with Gasteiger partial charge >= 0.3 is 0 Å². The van der Waals surface area contributed by atoms with E-state index in [4.69, 9.17) is 17.0 Å². The molecule has 0 aliphatic carbocycles. The molecule has 0 fully saturated rings. The molecule has 1 aromatic heterocycles. The molecule has 0 saturated carbocycles. The molecular formula is C12H12ClN3. The van der Waals surface area contributed by atoms with Crippen LogP contribution in [0.4, 0.5) is 0 Å². The number of aryl methyl sites for hydroxylation is 1. The Morgan fingerprint density at radius 3 is 3.06 bits per heavy atom. The Bertz CT molecular complexity index is 615. The van der Waals surface area contributed by atoms with Crippen LogP contribution in [0.2, 0.25) is 5.02 Å². The molecule has 1 aromatic carbocycles. The Balaban J connectivity index is 2.45. The van der Waals surface area contributed by atoms with Gasteiger partial charge in [-0.2, -0.15) is 0 Å². The minimum atomic E-state index is 0.505. The lowest BCUT2D eigenvalue weighted by Crippen LogP contribution is -2.28. The minimum Gasteiger partial charge on any atom is -0.314 e. The van der Waals surface area contributed by atoms with Crippen LogP contribution in [-0.2, 0) is 13.0 Å². The number of rotatable bonds is 0. The Kier molecular flexibility index (Phi) is 2.21. The maximum Gasteiger partial charge on any atom is 0.137 e. The summed E-state index contributed by atoms with van der Waals surface area (Å²) < 4.78 is 1.98. The van der Waals surface area contributed by atoms with Crippen LogP contribution in [0.1, 0.15) is 18.7 Å². The van der Waals surface area contributed by atoms with Gasteiger partial charge in [0, 0.05) is 13.0 Å². The molecule has 16 heavy (non-hydrogen) atoms. The van der Waals surface area contributed by atoms with Crippen LogP contribution in [0.15, 0.2) is 18.2 Å². The van der Waals surface area contributed by atoms with Gasteiger partial charge in [0.15, 0.2) is 0 Å². The zero-order valence-corrected chi connectivity index (χ0v) is 9.59. The first-order chi connectivity index (χ1) is 7.77. The second kappa shape index (κ2) is 3.59. The second-order valence-corrected chi connectivity index (χ2v) is 4.53. The molecule has 0 spiro atoms. The Morgan fingerprint density at radius 2 is 2.19 bits per heavy atom. The topological polar surface area (TPSA) is 41.7 Å². The van der Waals surface area contributed by atoms with E-state index in [1.54, 1.807) is 0 Å². The molecular weight excluding hydrogens is 222 g/mol. The lowest BCUT2D eigenvalue weighted by atomic mass is 10.1. The molecule has 1 aliphatic heterocycles. The lowest BCUT2D eigenvalue weighted by Gasteiger charge is -2.19. The van der Waals surface area contributed by atoms with Crippen molar-refractivity contribution in [1.29, 1.82) is 5.41 Å². The van der Waals surface area contributed by atoms with Crippen LogP contribution >= 0.6 is 11.6 Å². The smallest absolute Gasteiger partial charge is 0.137 e. The van der Waals surface area contributed by atoms with Crippen molar-refractivity contribution in [3.8, 4) is 0 Å². The van der Waals surface area contributed by atoms with Crippen molar-refractivity contribution in [3.63, 3.8) is 0 Å². The number of hydrogen-bond donors (Lipinski definition) is 1. The largest absolute Gasteiger partial charge is 0.314 e. The fourth-order valence-electron chi connectivity index (χ4n) is 2.29. The third-order valence-electron chi connectivity index (χ3n) is 3.09. The third-order valence-corrected chi connectivity index (χ3v) is 3.41. The molecule has 2 heterocycles. The highest BCUT2D eigenvalue weighted by atomic mass is 35.5. The monoisotopic (exact) mass is 233 g/mol. The molecule has 0 bridgehead atoms. The molecule has 82 valence electrons. The Labute approximate surface area is 98.2 Å². The van der Waals surface area contributed by atoms with E-state index in [1.807, 2.05) is 22.8 Å². The fraction of sp³-hybridized carbons (Fsp3) is 0.333. The maximum atomic E-state index is 8.20. The van der Waals surface area contributed by atoms with Crippen LogP contribution in [-0.4, -0.2) is 9.55 Å². The van der Waals surface area contributed by atoms with Gasteiger partial charge in [-0.05, 0) is 25.0 Å². The summed E-state index contributed by atoms with van der Waals surface area (Å²) in [4.78, 5) is 4.60. The van der Waals surface area contributed by atoms with Crippen LogP contribution in [0.5, 0.6) is 0 Å². The SMILES string of the molecule is N=c1c2c(Cl)cccc2nc2n1CCCC2. The highest BCUT2D eigenvalue weighted by Gasteiger charge is 2.13. The maximum absolute atomic E-state index is 8.20. The van der Waals surface area contributed by atoms with Crippen molar-refractivity contribution < 1.29 is 0 Å². The first-order valence-electron chi connectivity index (χ1n) is 5.50. The molecule has 0 unspecified atom stereocenters. The van der Waals surface area contributed by atoms with Crippen LogP contribution in [0.25, 0.3) is 10.9 Å². The van der Waals surface area contributed by atoms with E-state index in [1.165, 1.54) is 6.42 Å². The van der Waals surface area contributed by atoms with Crippen molar-refractivity contribution in [2.24, 2.45) is 0 Å². The van der Waals surface area contributed by atoms with Gasteiger partial charge in [0.1, 0.15) is 11.3 Å². The molecule has 0 saturated heterocycles. The molecule has 1 N–H and O–H groups in total. The average molecular weight is 234 g/mol.